The maximum atomic E-state index is 11.8. The van der Waals surface area contributed by atoms with Crippen LogP contribution in [-0.4, -0.2) is 29.6 Å². The van der Waals surface area contributed by atoms with Gasteiger partial charge in [-0.25, -0.2) is 0 Å². The summed E-state index contributed by atoms with van der Waals surface area (Å²) in [6.07, 6.45) is 1.98. The summed E-state index contributed by atoms with van der Waals surface area (Å²) in [4.78, 5) is 23.5. The molecule has 0 saturated heterocycles. The SMILES string of the molecule is CCc1cccc(NC(=O)C(=O)NC(CC)CCO)c1. The molecular formula is C15H22N2O3. The first kappa shape index (κ1) is 16.2. The van der Waals surface area contributed by atoms with E-state index in [0.717, 1.165) is 12.0 Å². The number of aliphatic hydroxyl groups excluding tert-OH is 1. The first-order chi connectivity index (χ1) is 9.60. The van der Waals surface area contributed by atoms with Gasteiger partial charge in [0.05, 0.1) is 0 Å². The number of nitrogens with one attached hydrogen (secondary N) is 2. The maximum absolute atomic E-state index is 11.8. The molecule has 3 N–H and O–H groups in total. The van der Waals surface area contributed by atoms with Crippen molar-refractivity contribution in [3.63, 3.8) is 0 Å². The van der Waals surface area contributed by atoms with Gasteiger partial charge < -0.3 is 15.7 Å². The molecule has 1 aromatic rings. The third-order valence-electron chi connectivity index (χ3n) is 3.10. The summed E-state index contributed by atoms with van der Waals surface area (Å²) in [5.41, 5.74) is 1.70. The average Bonchev–Trinajstić information content (AvgIpc) is 2.46. The number of hydrogen-bond acceptors (Lipinski definition) is 3. The molecule has 1 rings (SSSR count). The first-order valence-electron chi connectivity index (χ1n) is 6.92. The highest BCUT2D eigenvalue weighted by Crippen LogP contribution is 2.11. The van der Waals surface area contributed by atoms with Gasteiger partial charge in [0, 0.05) is 18.3 Å². The summed E-state index contributed by atoms with van der Waals surface area (Å²) in [5, 5.41) is 14.0. The molecule has 2 amide bonds. The predicted molar refractivity (Wildman–Crippen MR) is 78.4 cm³/mol. The Bertz CT molecular complexity index is 460. The molecule has 0 aliphatic rings. The van der Waals surface area contributed by atoms with Gasteiger partial charge in [0.1, 0.15) is 0 Å². The van der Waals surface area contributed by atoms with Crippen LogP contribution in [0, 0.1) is 0 Å². The lowest BCUT2D eigenvalue weighted by Crippen LogP contribution is -2.42. The van der Waals surface area contributed by atoms with E-state index in [1.807, 2.05) is 32.0 Å². The van der Waals surface area contributed by atoms with E-state index in [0.29, 0.717) is 18.5 Å². The fourth-order valence-electron chi connectivity index (χ4n) is 1.84. The van der Waals surface area contributed by atoms with Gasteiger partial charge in [0.15, 0.2) is 0 Å². The fourth-order valence-corrected chi connectivity index (χ4v) is 1.84. The van der Waals surface area contributed by atoms with Crippen molar-refractivity contribution in [3.05, 3.63) is 29.8 Å². The number of aliphatic hydroxyl groups is 1. The Labute approximate surface area is 119 Å². The van der Waals surface area contributed by atoms with Crippen LogP contribution in [0.3, 0.4) is 0 Å². The molecule has 1 aromatic carbocycles. The first-order valence-corrected chi connectivity index (χ1v) is 6.92. The largest absolute Gasteiger partial charge is 0.396 e. The molecule has 0 aliphatic carbocycles. The summed E-state index contributed by atoms with van der Waals surface area (Å²) >= 11 is 0. The molecule has 0 heterocycles. The van der Waals surface area contributed by atoms with Crippen molar-refractivity contribution in [2.24, 2.45) is 0 Å². The van der Waals surface area contributed by atoms with E-state index in [9.17, 15) is 9.59 Å². The summed E-state index contributed by atoms with van der Waals surface area (Å²) in [6.45, 7) is 3.90. The van der Waals surface area contributed by atoms with Gasteiger partial charge in [0.2, 0.25) is 0 Å². The van der Waals surface area contributed by atoms with Gasteiger partial charge in [0.25, 0.3) is 0 Å². The summed E-state index contributed by atoms with van der Waals surface area (Å²) in [6, 6.07) is 7.21. The Morgan fingerprint density at radius 1 is 1.25 bits per heavy atom. The smallest absolute Gasteiger partial charge is 0.313 e. The zero-order valence-corrected chi connectivity index (χ0v) is 12.0. The highest BCUT2D eigenvalue weighted by atomic mass is 16.3. The van der Waals surface area contributed by atoms with Crippen LogP contribution in [0.5, 0.6) is 0 Å². The Kier molecular flexibility index (Phi) is 6.73. The fraction of sp³-hybridized carbons (Fsp3) is 0.467. The normalized spacial score (nSPS) is 11.8. The van der Waals surface area contributed by atoms with Gasteiger partial charge in [-0.05, 0) is 37.0 Å². The van der Waals surface area contributed by atoms with Crippen LogP contribution >= 0.6 is 0 Å². The van der Waals surface area contributed by atoms with E-state index in [2.05, 4.69) is 10.6 Å². The van der Waals surface area contributed by atoms with Crippen molar-refractivity contribution in [2.45, 2.75) is 39.2 Å². The molecule has 20 heavy (non-hydrogen) atoms. The van der Waals surface area contributed by atoms with Crippen LogP contribution in [0.25, 0.3) is 0 Å². The number of aryl methyl sites for hydroxylation is 1. The second kappa shape index (κ2) is 8.32. The molecule has 1 unspecified atom stereocenters. The highest BCUT2D eigenvalue weighted by Gasteiger charge is 2.17. The number of amides is 2. The Hall–Kier alpha value is -1.88. The van der Waals surface area contributed by atoms with Crippen molar-refractivity contribution >= 4 is 17.5 Å². The van der Waals surface area contributed by atoms with Crippen molar-refractivity contribution in [3.8, 4) is 0 Å². The minimum atomic E-state index is -0.686. The molecule has 0 fully saturated rings. The molecule has 0 saturated carbocycles. The number of benzene rings is 1. The maximum Gasteiger partial charge on any atom is 0.313 e. The van der Waals surface area contributed by atoms with Crippen LogP contribution in [0.2, 0.25) is 0 Å². The van der Waals surface area contributed by atoms with Crippen LogP contribution in [0.1, 0.15) is 32.3 Å². The number of hydrogen-bond donors (Lipinski definition) is 3. The minimum absolute atomic E-state index is 0.0149. The quantitative estimate of drug-likeness (QED) is 0.689. The Balaban J connectivity index is 2.58. The van der Waals surface area contributed by atoms with Crippen molar-refractivity contribution < 1.29 is 14.7 Å². The minimum Gasteiger partial charge on any atom is -0.396 e. The lowest BCUT2D eigenvalue weighted by atomic mass is 10.1. The summed E-state index contributed by atoms with van der Waals surface area (Å²) in [5.74, 6) is -1.36. The van der Waals surface area contributed by atoms with Gasteiger partial charge in [-0.15, -0.1) is 0 Å². The lowest BCUT2D eigenvalue weighted by molar-refractivity contribution is -0.136. The summed E-state index contributed by atoms with van der Waals surface area (Å²) in [7, 11) is 0. The predicted octanol–water partition coefficient (Wildman–Crippen LogP) is 1.46. The second-order valence-corrected chi connectivity index (χ2v) is 4.60. The number of rotatable bonds is 6. The van der Waals surface area contributed by atoms with Gasteiger partial charge >= 0.3 is 11.8 Å². The Morgan fingerprint density at radius 2 is 2.00 bits per heavy atom. The van der Waals surface area contributed by atoms with E-state index < -0.39 is 11.8 Å². The molecule has 5 nitrogen and oxygen atoms in total. The molecule has 0 bridgehead atoms. The van der Waals surface area contributed by atoms with E-state index in [4.69, 9.17) is 5.11 Å². The number of carbonyl (C=O) groups is 2. The Morgan fingerprint density at radius 3 is 2.60 bits per heavy atom. The van der Waals surface area contributed by atoms with Gasteiger partial charge in [-0.3, -0.25) is 9.59 Å². The molecule has 0 aromatic heterocycles. The standard InChI is InChI=1S/C15H22N2O3/c1-3-11-6-5-7-13(10-11)17-15(20)14(19)16-12(4-2)8-9-18/h5-7,10,12,18H,3-4,8-9H2,1-2H3,(H,16,19)(H,17,20). The molecule has 0 radical (unpaired) electrons. The molecule has 5 heteroatoms. The van der Waals surface area contributed by atoms with Crippen molar-refractivity contribution in [1.29, 1.82) is 0 Å². The third-order valence-corrected chi connectivity index (χ3v) is 3.10. The van der Waals surface area contributed by atoms with Crippen LogP contribution in [-0.2, 0) is 16.0 Å². The highest BCUT2D eigenvalue weighted by molar-refractivity contribution is 6.39. The average molecular weight is 278 g/mol. The second-order valence-electron chi connectivity index (χ2n) is 4.60. The monoisotopic (exact) mass is 278 g/mol. The van der Waals surface area contributed by atoms with Crippen LogP contribution in [0.15, 0.2) is 24.3 Å². The zero-order valence-electron chi connectivity index (χ0n) is 12.0. The topological polar surface area (TPSA) is 78.4 Å². The van der Waals surface area contributed by atoms with Crippen LogP contribution in [0.4, 0.5) is 5.69 Å². The van der Waals surface area contributed by atoms with Gasteiger partial charge in [-0.1, -0.05) is 26.0 Å². The number of anilines is 1. The summed E-state index contributed by atoms with van der Waals surface area (Å²) < 4.78 is 0. The molecule has 1 atom stereocenters. The van der Waals surface area contributed by atoms with E-state index in [-0.39, 0.29) is 12.6 Å². The van der Waals surface area contributed by atoms with E-state index in [1.54, 1.807) is 6.07 Å². The van der Waals surface area contributed by atoms with Crippen LogP contribution < -0.4 is 10.6 Å². The van der Waals surface area contributed by atoms with E-state index >= 15 is 0 Å². The molecule has 110 valence electrons. The van der Waals surface area contributed by atoms with Crippen molar-refractivity contribution in [1.82, 2.24) is 5.32 Å². The number of carbonyl (C=O) groups excluding carboxylic acids is 2. The lowest BCUT2D eigenvalue weighted by Gasteiger charge is -2.15. The zero-order chi connectivity index (χ0) is 15.0. The van der Waals surface area contributed by atoms with Gasteiger partial charge in [-0.2, -0.15) is 0 Å². The molecular weight excluding hydrogens is 256 g/mol. The van der Waals surface area contributed by atoms with Crippen molar-refractivity contribution in [2.75, 3.05) is 11.9 Å². The molecule has 0 aliphatic heterocycles. The molecule has 0 spiro atoms. The van der Waals surface area contributed by atoms with E-state index in [1.165, 1.54) is 0 Å². The third kappa shape index (κ3) is 5.01.